The number of fused-ring (bicyclic) bond motifs is 1. The molecule has 0 fully saturated rings. The zero-order valence-corrected chi connectivity index (χ0v) is 17.8. The molecular weight excluding hydrogens is 430 g/mol. The molecule has 0 spiro atoms. The first kappa shape index (κ1) is 21.4. The van der Waals surface area contributed by atoms with Gasteiger partial charge in [0, 0.05) is 5.69 Å². The number of halogens is 1. The third kappa shape index (κ3) is 5.25. The van der Waals surface area contributed by atoms with Crippen molar-refractivity contribution in [2.75, 3.05) is 11.9 Å². The molecule has 0 atom stereocenters. The number of rotatable bonds is 7. The van der Waals surface area contributed by atoms with E-state index in [1.54, 1.807) is 30.3 Å². The molecule has 0 bridgehead atoms. The van der Waals surface area contributed by atoms with E-state index in [0.29, 0.717) is 33.9 Å². The van der Waals surface area contributed by atoms with E-state index in [4.69, 9.17) is 21.1 Å². The van der Waals surface area contributed by atoms with Crippen LogP contribution in [0.2, 0.25) is 5.02 Å². The molecule has 162 valence electrons. The molecule has 1 heterocycles. The normalized spacial score (nSPS) is 10.7. The van der Waals surface area contributed by atoms with E-state index in [1.165, 1.54) is 10.9 Å². The van der Waals surface area contributed by atoms with Crippen LogP contribution in [0.25, 0.3) is 10.9 Å². The number of ether oxygens (including phenoxy) is 2. The summed E-state index contributed by atoms with van der Waals surface area (Å²) < 4.78 is 12.3. The topological polar surface area (TPSA) is 82.5 Å². The molecule has 0 aliphatic carbocycles. The first-order valence-corrected chi connectivity index (χ1v) is 10.3. The van der Waals surface area contributed by atoms with Gasteiger partial charge in [0.1, 0.15) is 19.0 Å². The van der Waals surface area contributed by atoms with Crippen molar-refractivity contribution < 1.29 is 14.3 Å². The number of benzene rings is 3. The van der Waals surface area contributed by atoms with Gasteiger partial charge in [0.2, 0.25) is 0 Å². The smallest absolute Gasteiger partial charge is 0.411 e. The van der Waals surface area contributed by atoms with Crippen LogP contribution in [-0.4, -0.2) is 22.3 Å². The second-order valence-electron chi connectivity index (χ2n) is 6.94. The van der Waals surface area contributed by atoms with Crippen LogP contribution in [0.15, 0.2) is 83.9 Å². The van der Waals surface area contributed by atoms with Crippen molar-refractivity contribution in [2.45, 2.75) is 13.2 Å². The molecule has 1 amide bonds. The largest absolute Gasteiger partial charge is 0.490 e. The highest BCUT2D eigenvalue weighted by molar-refractivity contribution is 6.32. The Hall–Kier alpha value is -3.84. The van der Waals surface area contributed by atoms with Crippen LogP contribution < -0.4 is 15.6 Å². The summed E-state index contributed by atoms with van der Waals surface area (Å²) in [5.41, 5.74) is 1.62. The Morgan fingerprint density at radius 1 is 1.03 bits per heavy atom. The van der Waals surface area contributed by atoms with E-state index in [-0.39, 0.29) is 18.8 Å². The van der Waals surface area contributed by atoms with Gasteiger partial charge in [0.25, 0.3) is 5.56 Å². The van der Waals surface area contributed by atoms with Gasteiger partial charge in [0.15, 0.2) is 0 Å². The summed E-state index contributed by atoms with van der Waals surface area (Å²) in [6.07, 6.45) is 0.868. The molecule has 4 rings (SSSR count). The molecule has 32 heavy (non-hydrogen) atoms. The number of aromatic nitrogens is 2. The number of nitrogens with zero attached hydrogens (tertiary/aromatic N) is 2. The quantitative estimate of drug-likeness (QED) is 0.435. The number of para-hydroxylation sites is 1. The third-order valence-electron chi connectivity index (χ3n) is 4.71. The SMILES string of the molecule is O=C(Nc1ccc2ncn(CCOc3ccccc3Cl)c(=O)c2c1)OCc1ccccc1. The standard InChI is InChI=1S/C24H20ClN3O4/c25-20-8-4-5-9-22(20)31-13-12-28-16-26-21-11-10-18(14-19(21)23(28)29)27-24(30)32-15-17-6-2-1-3-7-17/h1-11,14,16H,12-13,15H2,(H,27,30). The molecule has 0 radical (unpaired) electrons. The van der Waals surface area contributed by atoms with E-state index in [2.05, 4.69) is 10.3 Å². The lowest BCUT2D eigenvalue weighted by molar-refractivity contribution is 0.155. The molecule has 4 aromatic rings. The monoisotopic (exact) mass is 449 g/mol. The zero-order valence-electron chi connectivity index (χ0n) is 17.0. The predicted octanol–water partition coefficient (Wildman–Crippen LogP) is 4.88. The molecule has 0 saturated heterocycles. The minimum Gasteiger partial charge on any atom is -0.490 e. The number of carbonyl (C=O) groups excluding carboxylic acids is 1. The van der Waals surface area contributed by atoms with Crippen LogP contribution >= 0.6 is 11.6 Å². The van der Waals surface area contributed by atoms with Crippen molar-refractivity contribution in [2.24, 2.45) is 0 Å². The van der Waals surface area contributed by atoms with Crippen molar-refractivity contribution >= 4 is 34.3 Å². The average Bonchev–Trinajstić information content (AvgIpc) is 2.81. The summed E-state index contributed by atoms with van der Waals surface area (Å²) in [4.78, 5) is 29.3. The summed E-state index contributed by atoms with van der Waals surface area (Å²) in [7, 11) is 0. The number of nitrogens with one attached hydrogen (secondary N) is 1. The Morgan fingerprint density at radius 2 is 1.81 bits per heavy atom. The Bertz CT molecular complexity index is 1290. The van der Waals surface area contributed by atoms with E-state index in [1.807, 2.05) is 42.5 Å². The van der Waals surface area contributed by atoms with Crippen molar-refractivity contribution in [1.29, 1.82) is 0 Å². The van der Waals surface area contributed by atoms with Gasteiger partial charge in [-0.3, -0.25) is 14.7 Å². The fourth-order valence-electron chi connectivity index (χ4n) is 3.09. The first-order valence-electron chi connectivity index (χ1n) is 9.94. The van der Waals surface area contributed by atoms with Crippen LogP contribution in [0.4, 0.5) is 10.5 Å². The lowest BCUT2D eigenvalue weighted by Crippen LogP contribution is -2.23. The number of amides is 1. The van der Waals surface area contributed by atoms with E-state index in [9.17, 15) is 9.59 Å². The van der Waals surface area contributed by atoms with Gasteiger partial charge in [-0.1, -0.05) is 54.1 Å². The maximum atomic E-state index is 12.9. The molecule has 1 N–H and O–H groups in total. The van der Waals surface area contributed by atoms with E-state index in [0.717, 1.165) is 5.56 Å². The third-order valence-corrected chi connectivity index (χ3v) is 5.02. The van der Waals surface area contributed by atoms with Gasteiger partial charge in [-0.05, 0) is 35.9 Å². The fourth-order valence-corrected chi connectivity index (χ4v) is 3.28. The highest BCUT2D eigenvalue weighted by Gasteiger charge is 2.09. The van der Waals surface area contributed by atoms with Crippen molar-refractivity contribution in [3.63, 3.8) is 0 Å². The second kappa shape index (κ2) is 9.98. The lowest BCUT2D eigenvalue weighted by atomic mass is 10.2. The predicted molar refractivity (Wildman–Crippen MR) is 123 cm³/mol. The summed E-state index contributed by atoms with van der Waals surface area (Å²) in [6, 6.07) is 21.4. The maximum absolute atomic E-state index is 12.9. The average molecular weight is 450 g/mol. The molecule has 8 heteroatoms. The van der Waals surface area contributed by atoms with Crippen LogP contribution in [-0.2, 0) is 17.9 Å². The van der Waals surface area contributed by atoms with Gasteiger partial charge in [-0.2, -0.15) is 0 Å². The van der Waals surface area contributed by atoms with Crippen LogP contribution in [0.3, 0.4) is 0 Å². The fraction of sp³-hybridized carbons (Fsp3) is 0.125. The summed E-state index contributed by atoms with van der Waals surface area (Å²) in [5, 5.41) is 3.53. The van der Waals surface area contributed by atoms with Crippen molar-refractivity contribution in [3.05, 3.63) is 100 Å². The Morgan fingerprint density at radius 3 is 2.62 bits per heavy atom. The number of hydrogen-bond acceptors (Lipinski definition) is 5. The zero-order chi connectivity index (χ0) is 22.3. The molecule has 3 aromatic carbocycles. The minimum absolute atomic E-state index is 0.153. The molecule has 0 aliphatic rings. The molecular formula is C24H20ClN3O4. The maximum Gasteiger partial charge on any atom is 0.411 e. The number of anilines is 1. The highest BCUT2D eigenvalue weighted by atomic mass is 35.5. The van der Waals surface area contributed by atoms with Gasteiger partial charge in [0.05, 0.1) is 28.8 Å². The number of carbonyl (C=O) groups is 1. The van der Waals surface area contributed by atoms with E-state index < -0.39 is 6.09 Å². The van der Waals surface area contributed by atoms with Gasteiger partial charge in [-0.25, -0.2) is 9.78 Å². The molecule has 0 aliphatic heterocycles. The van der Waals surface area contributed by atoms with Crippen LogP contribution in [0, 0.1) is 0 Å². The first-order chi connectivity index (χ1) is 15.6. The highest BCUT2D eigenvalue weighted by Crippen LogP contribution is 2.23. The summed E-state index contributed by atoms with van der Waals surface area (Å²) >= 11 is 6.08. The second-order valence-corrected chi connectivity index (χ2v) is 7.35. The van der Waals surface area contributed by atoms with Crippen LogP contribution in [0.1, 0.15) is 5.56 Å². The Balaban J connectivity index is 1.42. The Kier molecular flexibility index (Phi) is 6.67. The molecule has 0 saturated carbocycles. The van der Waals surface area contributed by atoms with Gasteiger partial charge < -0.3 is 9.47 Å². The number of hydrogen-bond donors (Lipinski definition) is 1. The van der Waals surface area contributed by atoms with Crippen molar-refractivity contribution in [1.82, 2.24) is 9.55 Å². The molecule has 7 nitrogen and oxygen atoms in total. The Labute approximate surface area is 189 Å². The summed E-state index contributed by atoms with van der Waals surface area (Å²) in [6.45, 7) is 0.699. The molecule has 1 aromatic heterocycles. The lowest BCUT2D eigenvalue weighted by Gasteiger charge is -2.11. The van der Waals surface area contributed by atoms with Crippen molar-refractivity contribution in [3.8, 4) is 5.75 Å². The van der Waals surface area contributed by atoms with Gasteiger partial charge >= 0.3 is 6.09 Å². The van der Waals surface area contributed by atoms with Gasteiger partial charge in [-0.15, -0.1) is 0 Å². The summed E-state index contributed by atoms with van der Waals surface area (Å²) in [5.74, 6) is 0.552. The molecule has 0 unspecified atom stereocenters. The van der Waals surface area contributed by atoms with E-state index >= 15 is 0 Å². The minimum atomic E-state index is -0.606. The van der Waals surface area contributed by atoms with Crippen LogP contribution in [0.5, 0.6) is 5.75 Å².